The number of halogens is 7. The van der Waals surface area contributed by atoms with Crippen LogP contribution in [0.1, 0.15) is 11.3 Å². The molecule has 0 aliphatic rings. The number of hydrogen-bond donors (Lipinski definition) is 1. The van der Waals surface area contributed by atoms with Crippen molar-refractivity contribution in [1.82, 2.24) is 9.78 Å². The Kier molecular flexibility index (Phi) is 5.60. The molecule has 1 aromatic heterocycles. The highest BCUT2D eigenvalue weighted by molar-refractivity contribution is 14.1. The molecule has 1 heterocycles. The molecule has 2 aromatic carbocycles. The highest BCUT2D eigenvalue weighted by Crippen LogP contribution is 2.34. The van der Waals surface area contributed by atoms with E-state index in [4.69, 9.17) is 0 Å². The molecule has 0 spiro atoms. The number of alkyl halides is 3. The Morgan fingerprint density at radius 1 is 1.00 bits per heavy atom. The lowest BCUT2D eigenvalue weighted by atomic mass is 10.1. The summed E-state index contributed by atoms with van der Waals surface area (Å²) >= 11 is 1.95. The van der Waals surface area contributed by atoms with Crippen LogP contribution in [0.5, 0.6) is 0 Å². The van der Waals surface area contributed by atoms with Gasteiger partial charge in [-0.25, -0.2) is 13.2 Å². The lowest BCUT2D eigenvalue weighted by molar-refractivity contribution is -0.141. The van der Waals surface area contributed by atoms with Crippen LogP contribution in [0.15, 0.2) is 36.4 Å². The van der Waals surface area contributed by atoms with E-state index in [2.05, 4.69) is 10.4 Å². The van der Waals surface area contributed by atoms with Gasteiger partial charge in [-0.05, 0) is 52.9 Å². The molecule has 0 unspecified atom stereocenters. The second-order valence-corrected chi connectivity index (χ2v) is 7.19. The van der Waals surface area contributed by atoms with E-state index in [0.29, 0.717) is 15.2 Å². The zero-order chi connectivity index (χ0) is 20.6. The maximum absolute atomic E-state index is 14.5. The highest BCUT2D eigenvalue weighted by atomic mass is 127. The third-order valence-corrected chi connectivity index (χ3v) is 4.64. The van der Waals surface area contributed by atoms with Crippen LogP contribution in [0, 0.1) is 21.0 Å². The van der Waals surface area contributed by atoms with Gasteiger partial charge < -0.3 is 5.32 Å². The molecule has 0 bridgehead atoms. The largest absolute Gasteiger partial charge is 0.435 e. The quantitative estimate of drug-likeness (QED) is 0.358. The van der Waals surface area contributed by atoms with Crippen LogP contribution in [-0.2, 0) is 19.8 Å². The van der Waals surface area contributed by atoms with Gasteiger partial charge >= 0.3 is 6.18 Å². The number of anilines is 1. The predicted molar refractivity (Wildman–Crippen MR) is 100 cm³/mol. The fourth-order valence-corrected chi connectivity index (χ4v) is 3.08. The average Bonchev–Trinajstić information content (AvgIpc) is 2.95. The molecule has 3 nitrogen and oxygen atoms in total. The number of benzene rings is 2. The van der Waals surface area contributed by atoms with Gasteiger partial charge in [0.1, 0.15) is 17.5 Å². The molecule has 0 aliphatic carbocycles. The minimum Gasteiger partial charge on any atom is -0.381 e. The summed E-state index contributed by atoms with van der Waals surface area (Å²) in [6.07, 6.45) is -4.73. The summed E-state index contributed by atoms with van der Waals surface area (Å²) < 4.78 is 82.6. The number of aryl methyl sites for hydroxylation is 1. The Morgan fingerprint density at radius 2 is 1.64 bits per heavy atom. The van der Waals surface area contributed by atoms with Gasteiger partial charge in [-0.2, -0.15) is 18.3 Å². The fourth-order valence-electron chi connectivity index (χ4n) is 2.62. The Bertz CT molecular complexity index is 1010. The lowest BCUT2D eigenvalue weighted by Gasteiger charge is -2.11. The first-order chi connectivity index (χ1) is 13.1. The minimum absolute atomic E-state index is 0.0229. The molecule has 3 rings (SSSR count). The molecule has 28 heavy (non-hydrogen) atoms. The molecule has 0 fully saturated rings. The van der Waals surface area contributed by atoms with Crippen molar-refractivity contribution < 1.29 is 26.3 Å². The molecule has 3 aromatic rings. The van der Waals surface area contributed by atoms with Crippen LogP contribution in [-0.4, -0.2) is 9.78 Å². The van der Waals surface area contributed by atoms with Gasteiger partial charge in [-0.3, -0.25) is 4.68 Å². The predicted octanol–water partition coefficient (Wildman–Crippen LogP) is 5.74. The van der Waals surface area contributed by atoms with Crippen molar-refractivity contribution in [3.63, 3.8) is 0 Å². The fraction of sp³-hybridized carbons (Fsp3) is 0.167. The minimum atomic E-state index is -4.73. The van der Waals surface area contributed by atoms with Gasteiger partial charge in [0.05, 0.1) is 11.3 Å². The topological polar surface area (TPSA) is 29.9 Å². The van der Waals surface area contributed by atoms with E-state index >= 15 is 0 Å². The first-order valence-corrected chi connectivity index (χ1v) is 8.92. The van der Waals surface area contributed by atoms with Crippen molar-refractivity contribution in [2.24, 2.45) is 7.05 Å². The van der Waals surface area contributed by atoms with Crippen molar-refractivity contribution >= 4 is 28.3 Å². The van der Waals surface area contributed by atoms with Crippen LogP contribution in [0.4, 0.5) is 32.0 Å². The second-order valence-electron chi connectivity index (χ2n) is 5.94. The first kappa shape index (κ1) is 20.5. The molecular weight excluding hydrogens is 499 g/mol. The molecule has 0 saturated heterocycles. The Labute approximate surface area is 169 Å². The monoisotopic (exact) mass is 511 g/mol. The maximum Gasteiger partial charge on any atom is 0.435 e. The SMILES string of the molecule is Cn1nc(C(F)(F)F)cc1-c1c(F)cc(NCc2ccc(I)cc2F)cc1F. The van der Waals surface area contributed by atoms with E-state index in [1.807, 2.05) is 22.6 Å². The summed E-state index contributed by atoms with van der Waals surface area (Å²) in [5.74, 6) is -2.60. The molecule has 0 aliphatic heterocycles. The summed E-state index contributed by atoms with van der Waals surface area (Å²) in [6, 6.07) is 7.00. The van der Waals surface area contributed by atoms with Crippen molar-refractivity contribution in [1.29, 1.82) is 0 Å². The zero-order valence-corrected chi connectivity index (χ0v) is 16.4. The molecule has 0 amide bonds. The van der Waals surface area contributed by atoms with Crippen LogP contribution in [0.3, 0.4) is 0 Å². The summed E-state index contributed by atoms with van der Waals surface area (Å²) in [5.41, 5.74) is -1.91. The molecule has 0 radical (unpaired) electrons. The molecule has 0 atom stereocenters. The third kappa shape index (κ3) is 4.26. The summed E-state index contributed by atoms with van der Waals surface area (Å²) in [4.78, 5) is 0. The van der Waals surface area contributed by atoms with Crippen LogP contribution in [0.25, 0.3) is 11.3 Å². The molecule has 10 heteroatoms. The van der Waals surface area contributed by atoms with Gasteiger partial charge in [0.15, 0.2) is 5.69 Å². The molecular formula is C18H12F6IN3. The molecule has 0 saturated carbocycles. The van der Waals surface area contributed by atoms with Crippen molar-refractivity contribution in [3.05, 3.63) is 68.7 Å². The average molecular weight is 511 g/mol. The van der Waals surface area contributed by atoms with E-state index in [-0.39, 0.29) is 17.9 Å². The van der Waals surface area contributed by atoms with E-state index in [0.717, 1.165) is 23.9 Å². The van der Waals surface area contributed by atoms with Crippen LogP contribution >= 0.6 is 22.6 Å². The Balaban J connectivity index is 1.88. The maximum atomic E-state index is 14.5. The van der Waals surface area contributed by atoms with Gasteiger partial charge in [0.2, 0.25) is 0 Å². The normalized spacial score (nSPS) is 11.7. The van der Waals surface area contributed by atoms with Crippen LogP contribution < -0.4 is 5.32 Å². The molecule has 148 valence electrons. The number of aromatic nitrogens is 2. The van der Waals surface area contributed by atoms with E-state index in [9.17, 15) is 26.3 Å². The Morgan fingerprint density at radius 3 is 2.18 bits per heavy atom. The van der Waals surface area contributed by atoms with Crippen LogP contribution in [0.2, 0.25) is 0 Å². The number of nitrogens with zero attached hydrogens (tertiary/aromatic N) is 2. The summed E-state index contributed by atoms with van der Waals surface area (Å²) in [6.45, 7) is -0.0229. The van der Waals surface area contributed by atoms with E-state index in [1.165, 1.54) is 6.07 Å². The Hall–Kier alpha value is -2.24. The van der Waals surface area contributed by atoms with E-state index in [1.54, 1.807) is 12.1 Å². The summed E-state index contributed by atoms with van der Waals surface area (Å²) in [7, 11) is 1.16. The molecule has 1 N–H and O–H groups in total. The smallest absolute Gasteiger partial charge is 0.381 e. The van der Waals surface area contributed by atoms with E-state index < -0.39 is 34.9 Å². The first-order valence-electron chi connectivity index (χ1n) is 7.84. The highest BCUT2D eigenvalue weighted by Gasteiger charge is 2.35. The van der Waals surface area contributed by atoms with Gasteiger partial charge in [-0.1, -0.05) is 6.07 Å². The standard InChI is InChI=1S/C18H12F6IN3/c1-28-15(7-16(27-28)18(22,23)24)17-13(20)5-11(6-14(17)21)26-8-9-2-3-10(25)4-12(9)19/h2-7,26H,8H2,1H3. The van der Waals surface area contributed by atoms with Gasteiger partial charge in [-0.15, -0.1) is 0 Å². The lowest BCUT2D eigenvalue weighted by Crippen LogP contribution is -2.06. The van der Waals surface area contributed by atoms with Crippen molar-refractivity contribution in [2.45, 2.75) is 12.7 Å². The van der Waals surface area contributed by atoms with Gasteiger partial charge in [0.25, 0.3) is 0 Å². The van der Waals surface area contributed by atoms with Gasteiger partial charge in [0, 0.05) is 28.4 Å². The van der Waals surface area contributed by atoms with Crippen molar-refractivity contribution in [3.8, 4) is 11.3 Å². The number of hydrogen-bond acceptors (Lipinski definition) is 2. The number of rotatable bonds is 4. The summed E-state index contributed by atoms with van der Waals surface area (Å²) in [5, 5.41) is 5.96. The third-order valence-electron chi connectivity index (χ3n) is 3.97. The number of nitrogens with one attached hydrogen (secondary N) is 1. The second kappa shape index (κ2) is 7.64. The van der Waals surface area contributed by atoms with Crippen molar-refractivity contribution in [2.75, 3.05) is 5.32 Å². The zero-order valence-electron chi connectivity index (χ0n) is 14.2.